The highest BCUT2D eigenvalue weighted by Crippen LogP contribution is 2.44. The summed E-state index contributed by atoms with van der Waals surface area (Å²) in [6.45, 7) is 12.0. The Labute approximate surface area is 228 Å². The van der Waals surface area contributed by atoms with Gasteiger partial charge in [0.1, 0.15) is 30.2 Å². The fraction of sp³-hybridized carbons (Fsp3) is 0.556. The summed E-state index contributed by atoms with van der Waals surface area (Å²) in [4.78, 5) is 27.3. The summed E-state index contributed by atoms with van der Waals surface area (Å²) in [7, 11) is 1.98. The lowest BCUT2D eigenvalue weighted by atomic mass is 9.87. The quantitative estimate of drug-likeness (QED) is 0.414. The Balaban J connectivity index is 1.16. The highest BCUT2D eigenvalue weighted by atomic mass is 16.8. The molecule has 2 fully saturated rings. The van der Waals surface area contributed by atoms with E-state index >= 15 is 0 Å². The summed E-state index contributed by atoms with van der Waals surface area (Å²) in [6, 6.07) is 7.68. The number of aromatic nitrogens is 4. The number of benzene rings is 1. The molecular weight excluding hydrogens is 500 g/mol. The van der Waals surface area contributed by atoms with Crippen LogP contribution in [0.2, 0.25) is 0 Å². The molecule has 0 aliphatic carbocycles. The van der Waals surface area contributed by atoms with Crippen molar-refractivity contribution in [3.8, 4) is 0 Å². The number of hydrogen-bond acceptors (Lipinski definition) is 9. The number of nitrogen functional groups attached to an aromatic ring is 1. The Morgan fingerprint density at radius 3 is 2.56 bits per heavy atom. The highest BCUT2D eigenvalue weighted by Gasteiger charge is 2.56. The van der Waals surface area contributed by atoms with Gasteiger partial charge in [-0.2, -0.15) is 0 Å². The fourth-order valence-electron chi connectivity index (χ4n) is 5.07. The Morgan fingerprint density at radius 1 is 1.13 bits per heavy atom. The molecule has 4 N–H and O–H groups in total. The SMILES string of the molecule is CN(CCNC(=O)Nc1ccc(C(C)(C)C)cc1)C[C@H]1OC(n2cnc3c(N)ncnc32)[C@@H]2OC(C)(C)O[C@H]12. The van der Waals surface area contributed by atoms with Crippen LogP contribution >= 0.6 is 0 Å². The zero-order valence-electron chi connectivity index (χ0n) is 23.3. The number of urea groups is 1. The number of fused-ring (bicyclic) bond motifs is 2. The van der Waals surface area contributed by atoms with E-state index in [0.717, 1.165) is 5.69 Å². The van der Waals surface area contributed by atoms with Crippen molar-refractivity contribution in [1.29, 1.82) is 0 Å². The monoisotopic (exact) mass is 538 g/mol. The van der Waals surface area contributed by atoms with Crippen molar-refractivity contribution < 1.29 is 19.0 Å². The molecule has 0 saturated carbocycles. The van der Waals surface area contributed by atoms with Crippen LogP contribution in [0, 0.1) is 0 Å². The molecule has 2 aliphatic rings. The number of carbonyl (C=O) groups is 1. The van der Waals surface area contributed by atoms with Crippen molar-refractivity contribution >= 4 is 28.7 Å². The summed E-state index contributed by atoms with van der Waals surface area (Å²) < 4.78 is 20.8. The van der Waals surface area contributed by atoms with Crippen molar-refractivity contribution in [2.75, 3.05) is 37.7 Å². The second-order valence-corrected chi connectivity index (χ2v) is 11.7. The molecule has 5 rings (SSSR count). The van der Waals surface area contributed by atoms with Crippen molar-refractivity contribution in [3.05, 3.63) is 42.5 Å². The largest absolute Gasteiger partial charge is 0.382 e. The van der Waals surface area contributed by atoms with Gasteiger partial charge in [0.05, 0.1) is 6.33 Å². The van der Waals surface area contributed by atoms with Gasteiger partial charge in [-0.15, -0.1) is 0 Å². The minimum atomic E-state index is -0.747. The first-order valence-electron chi connectivity index (χ1n) is 13.2. The van der Waals surface area contributed by atoms with Crippen LogP contribution in [-0.2, 0) is 19.6 Å². The molecule has 4 atom stereocenters. The maximum Gasteiger partial charge on any atom is 0.319 e. The Hall–Kier alpha value is -3.32. The van der Waals surface area contributed by atoms with Crippen LogP contribution in [-0.4, -0.2) is 81.2 Å². The van der Waals surface area contributed by atoms with Crippen LogP contribution < -0.4 is 16.4 Å². The van der Waals surface area contributed by atoms with Crippen LogP contribution in [0.4, 0.5) is 16.3 Å². The fourth-order valence-corrected chi connectivity index (χ4v) is 5.07. The molecule has 0 bridgehead atoms. The van der Waals surface area contributed by atoms with Gasteiger partial charge in [0.2, 0.25) is 0 Å². The normalized spacial score (nSPS) is 24.3. The molecule has 39 heavy (non-hydrogen) atoms. The molecule has 1 unspecified atom stereocenters. The molecule has 0 spiro atoms. The van der Waals surface area contributed by atoms with Crippen LogP contribution in [0.25, 0.3) is 11.2 Å². The number of amides is 2. The van der Waals surface area contributed by atoms with E-state index in [1.165, 1.54) is 11.9 Å². The molecule has 2 amide bonds. The number of nitrogens with two attached hydrogens (primary N) is 1. The van der Waals surface area contributed by atoms with Gasteiger partial charge in [0.25, 0.3) is 0 Å². The van der Waals surface area contributed by atoms with Crippen molar-refractivity contribution in [1.82, 2.24) is 29.7 Å². The van der Waals surface area contributed by atoms with Crippen LogP contribution in [0.3, 0.4) is 0 Å². The molecule has 1 aromatic carbocycles. The molecule has 4 heterocycles. The predicted octanol–water partition coefficient (Wildman–Crippen LogP) is 2.88. The maximum atomic E-state index is 12.4. The zero-order valence-corrected chi connectivity index (χ0v) is 23.3. The number of nitrogens with zero attached hydrogens (tertiary/aromatic N) is 5. The first-order valence-corrected chi connectivity index (χ1v) is 13.2. The van der Waals surface area contributed by atoms with E-state index in [9.17, 15) is 4.79 Å². The summed E-state index contributed by atoms with van der Waals surface area (Å²) in [6.07, 6.45) is 1.68. The van der Waals surface area contributed by atoms with Crippen molar-refractivity contribution in [2.45, 2.75) is 70.4 Å². The molecule has 210 valence electrons. The molecule has 2 aromatic heterocycles. The summed E-state index contributed by atoms with van der Waals surface area (Å²) in [5.41, 5.74) is 9.11. The third-order valence-electron chi connectivity index (χ3n) is 7.07. The second-order valence-electron chi connectivity index (χ2n) is 11.7. The number of rotatable bonds is 7. The van der Waals surface area contributed by atoms with Gasteiger partial charge in [-0.05, 0) is 44.0 Å². The molecule has 3 aromatic rings. The van der Waals surface area contributed by atoms with Crippen LogP contribution in [0.1, 0.15) is 46.4 Å². The number of likely N-dealkylation sites (N-methyl/N-ethyl adjacent to an activating group) is 1. The minimum Gasteiger partial charge on any atom is -0.382 e. The molecule has 2 saturated heterocycles. The van der Waals surface area contributed by atoms with Crippen LogP contribution in [0.15, 0.2) is 36.9 Å². The first kappa shape index (κ1) is 27.3. The Bertz CT molecular complexity index is 1320. The number of hydrogen-bond donors (Lipinski definition) is 3. The molecule has 12 heteroatoms. The number of nitrogens with one attached hydrogen (secondary N) is 2. The van der Waals surface area contributed by atoms with E-state index in [1.807, 2.05) is 49.7 Å². The summed E-state index contributed by atoms with van der Waals surface area (Å²) in [5.74, 6) is -0.435. The van der Waals surface area contributed by atoms with Crippen molar-refractivity contribution in [2.24, 2.45) is 0 Å². The predicted molar refractivity (Wildman–Crippen MR) is 147 cm³/mol. The third-order valence-corrected chi connectivity index (χ3v) is 7.07. The van der Waals surface area contributed by atoms with E-state index in [4.69, 9.17) is 19.9 Å². The van der Waals surface area contributed by atoms with Gasteiger partial charge in [0, 0.05) is 25.3 Å². The van der Waals surface area contributed by atoms with E-state index in [1.54, 1.807) is 6.33 Å². The number of imidazole rings is 1. The second kappa shape index (κ2) is 10.3. The summed E-state index contributed by atoms with van der Waals surface area (Å²) >= 11 is 0. The number of ether oxygens (including phenoxy) is 3. The standard InChI is InChI=1S/C27H38N8O4/c1-26(2,3)16-7-9-17(10-8-16)33-25(36)29-11-12-34(6)13-18-20-21(39-27(4,5)38-20)24(37-18)35-15-32-19-22(28)30-14-31-23(19)35/h7-10,14-15,18,20-21,24H,11-13H2,1-6H3,(H2,28,30,31)(H2,29,33,36)/t18-,20-,21-,24?/m1/s1. The van der Waals surface area contributed by atoms with Gasteiger partial charge in [-0.3, -0.25) is 4.57 Å². The average Bonchev–Trinajstić information content (AvgIpc) is 3.51. The lowest BCUT2D eigenvalue weighted by molar-refractivity contribution is -0.197. The maximum absolute atomic E-state index is 12.4. The number of carbonyl (C=O) groups excluding carboxylic acids is 1. The Morgan fingerprint density at radius 2 is 1.85 bits per heavy atom. The van der Waals surface area contributed by atoms with E-state index in [0.29, 0.717) is 36.6 Å². The third kappa shape index (κ3) is 5.83. The molecular formula is C27H38N8O4. The van der Waals surface area contributed by atoms with Crippen molar-refractivity contribution in [3.63, 3.8) is 0 Å². The van der Waals surface area contributed by atoms with Gasteiger partial charge in [-0.1, -0.05) is 32.9 Å². The lowest BCUT2D eigenvalue weighted by Crippen LogP contribution is -2.41. The molecule has 0 radical (unpaired) electrons. The van der Waals surface area contributed by atoms with Crippen LogP contribution in [0.5, 0.6) is 0 Å². The van der Waals surface area contributed by atoms with E-state index < -0.39 is 12.0 Å². The smallest absolute Gasteiger partial charge is 0.319 e. The zero-order chi connectivity index (χ0) is 27.9. The average molecular weight is 539 g/mol. The van der Waals surface area contributed by atoms with Gasteiger partial charge >= 0.3 is 6.03 Å². The Kier molecular flexibility index (Phi) is 7.23. The van der Waals surface area contributed by atoms with Gasteiger partial charge in [-0.25, -0.2) is 19.7 Å². The van der Waals surface area contributed by atoms with Gasteiger partial charge in [0.15, 0.2) is 23.5 Å². The van der Waals surface area contributed by atoms with E-state index in [2.05, 4.69) is 51.3 Å². The summed E-state index contributed by atoms with van der Waals surface area (Å²) in [5, 5.41) is 5.81. The first-order chi connectivity index (χ1) is 18.4. The minimum absolute atomic E-state index is 0.0643. The van der Waals surface area contributed by atoms with Gasteiger partial charge < -0.3 is 35.5 Å². The number of anilines is 2. The highest BCUT2D eigenvalue weighted by molar-refractivity contribution is 5.89. The topological polar surface area (TPSA) is 142 Å². The lowest BCUT2D eigenvalue weighted by Gasteiger charge is -2.27. The molecule has 12 nitrogen and oxygen atoms in total. The van der Waals surface area contributed by atoms with E-state index in [-0.39, 0.29) is 29.8 Å². The molecule has 2 aliphatic heterocycles.